The highest BCUT2D eigenvalue weighted by Gasteiger charge is 2.33. The van der Waals surface area contributed by atoms with Gasteiger partial charge in [-0.2, -0.15) is 13.2 Å². The lowest BCUT2D eigenvalue weighted by Crippen LogP contribution is -2.29. The van der Waals surface area contributed by atoms with E-state index in [9.17, 15) is 18.0 Å². The second-order valence-corrected chi connectivity index (χ2v) is 6.03. The molecule has 1 amide bonds. The first-order valence-electron chi connectivity index (χ1n) is 8.11. The van der Waals surface area contributed by atoms with Gasteiger partial charge in [0.2, 0.25) is 5.91 Å². The maximum atomic E-state index is 13.1. The molecule has 134 valence electrons. The normalized spacial score (nSPS) is 16.0. The number of hydrogen-bond acceptors (Lipinski definition) is 3. The fourth-order valence-electron chi connectivity index (χ4n) is 2.89. The Hall–Kier alpha value is -1.76. The standard InChI is InChI=1S/C17H23F3N2O2/c1-24-14-4-3-13(15(10-14)17(18,19)20)11-22-16(23)5-2-12-6-8-21-9-7-12/h3-4,10,12,21H,2,5-9,11H2,1H3,(H,22,23). The number of piperidine rings is 1. The van der Waals surface area contributed by atoms with Gasteiger partial charge in [0.05, 0.1) is 12.7 Å². The van der Waals surface area contributed by atoms with Crippen molar-refractivity contribution in [3.8, 4) is 5.75 Å². The maximum Gasteiger partial charge on any atom is 0.416 e. The molecule has 1 aromatic carbocycles. The maximum absolute atomic E-state index is 13.1. The van der Waals surface area contributed by atoms with Crippen LogP contribution in [0.1, 0.15) is 36.8 Å². The number of nitrogens with one attached hydrogen (secondary N) is 2. The minimum Gasteiger partial charge on any atom is -0.497 e. The van der Waals surface area contributed by atoms with Gasteiger partial charge in [0.15, 0.2) is 0 Å². The van der Waals surface area contributed by atoms with Gasteiger partial charge in [-0.1, -0.05) is 6.07 Å². The van der Waals surface area contributed by atoms with E-state index in [-0.39, 0.29) is 23.8 Å². The molecule has 2 rings (SSSR count). The molecular formula is C17H23F3N2O2. The van der Waals surface area contributed by atoms with Crippen LogP contribution in [0.5, 0.6) is 5.75 Å². The van der Waals surface area contributed by atoms with Gasteiger partial charge in [0.1, 0.15) is 5.75 Å². The van der Waals surface area contributed by atoms with E-state index < -0.39 is 11.7 Å². The van der Waals surface area contributed by atoms with Crippen molar-refractivity contribution < 1.29 is 22.7 Å². The number of benzene rings is 1. The van der Waals surface area contributed by atoms with Gasteiger partial charge < -0.3 is 15.4 Å². The van der Waals surface area contributed by atoms with Crippen LogP contribution in [0.3, 0.4) is 0 Å². The van der Waals surface area contributed by atoms with Crippen LogP contribution in [0.15, 0.2) is 18.2 Å². The van der Waals surface area contributed by atoms with Crippen molar-refractivity contribution >= 4 is 5.91 Å². The average Bonchev–Trinajstić information content (AvgIpc) is 2.58. The summed E-state index contributed by atoms with van der Waals surface area (Å²) < 4.78 is 44.2. The first kappa shape index (κ1) is 18.6. The van der Waals surface area contributed by atoms with E-state index in [4.69, 9.17) is 4.74 Å². The molecule has 0 aliphatic carbocycles. The van der Waals surface area contributed by atoms with Crippen molar-refractivity contribution in [2.75, 3.05) is 20.2 Å². The Kier molecular flexibility index (Phi) is 6.48. The van der Waals surface area contributed by atoms with Gasteiger partial charge >= 0.3 is 6.18 Å². The molecule has 0 spiro atoms. The highest BCUT2D eigenvalue weighted by atomic mass is 19.4. The van der Waals surface area contributed by atoms with Gasteiger partial charge in [-0.05, 0) is 56.0 Å². The quantitative estimate of drug-likeness (QED) is 0.834. The monoisotopic (exact) mass is 344 g/mol. The summed E-state index contributed by atoms with van der Waals surface area (Å²) in [5.74, 6) is 0.449. The Morgan fingerprint density at radius 2 is 2.04 bits per heavy atom. The van der Waals surface area contributed by atoms with E-state index >= 15 is 0 Å². The Bertz CT molecular complexity index is 555. The molecule has 24 heavy (non-hydrogen) atoms. The highest BCUT2D eigenvalue weighted by molar-refractivity contribution is 5.75. The van der Waals surface area contributed by atoms with E-state index in [1.165, 1.54) is 19.2 Å². The first-order chi connectivity index (χ1) is 11.4. The fraction of sp³-hybridized carbons (Fsp3) is 0.588. The third kappa shape index (κ3) is 5.40. The Morgan fingerprint density at radius 1 is 1.33 bits per heavy atom. The number of hydrogen-bond donors (Lipinski definition) is 2. The average molecular weight is 344 g/mol. The number of alkyl halides is 3. The fourth-order valence-corrected chi connectivity index (χ4v) is 2.89. The van der Waals surface area contributed by atoms with Gasteiger partial charge in [-0.25, -0.2) is 0 Å². The van der Waals surface area contributed by atoms with Crippen molar-refractivity contribution in [2.45, 2.75) is 38.4 Å². The van der Waals surface area contributed by atoms with Crippen LogP contribution >= 0.6 is 0 Å². The Labute approximate surface area is 139 Å². The largest absolute Gasteiger partial charge is 0.497 e. The molecule has 0 unspecified atom stereocenters. The van der Waals surface area contributed by atoms with Crippen LogP contribution in [-0.4, -0.2) is 26.1 Å². The first-order valence-corrected chi connectivity index (χ1v) is 8.11. The minimum absolute atomic E-state index is 0.0403. The third-order valence-electron chi connectivity index (χ3n) is 4.34. The van der Waals surface area contributed by atoms with E-state index in [1.54, 1.807) is 0 Å². The van der Waals surface area contributed by atoms with E-state index in [1.807, 2.05) is 0 Å². The van der Waals surface area contributed by atoms with Crippen LogP contribution in [0.25, 0.3) is 0 Å². The third-order valence-corrected chi connectivity index (χ3v) is 4.34. The predicted molar refractivity (Wildman–Crippen MR) is 84.7 cm³/mol. The summed E-state index contributed by atoms with van der Waals surface area (Å²) in [7, 11) is 1.32. The SMILES string of the molecule is COc1ccc(CNC(=O)CCC2CCNCC2)c(C(F)(F)F)c1. The number of carbonyl (C=O) groups is 1. The molecule has 1 aromatic rings. The molecule has 7 heteroatoms. The number of amides is 1. The molecule has 1 heterocycles. The number of carbonyl (C=O) groups excluding carboxylic acids is 1. The lowest BCUT2D eigenvalue weighted by molar-refractivity contribution is -0.138. The topological polar surface area (TPSA) is 50.4 Å². The van der Waals surface area contributed by atoms with E-state index in [0.717, 1.165) is 38.4 Å². The smallest absolute Gasteiger partial charge is 0.416 e. The molecule has 1 aliphatic rings. The number of methoxy groups -OCH3 is 1. The lowest BCUT2D eigenvalue weighted by Gasteiger charge is -2.22. The van der Waals surface area contributed by atoms with Crippen molar-refractivity contribution in [3.05, 3.63) is 29.3 Å². The number of halogens is 3. The summed E-state index contributed by atoms with van der Waals surface area (Å²) in [6.45, 7) is 1.80. The lowest BCUT2D eigenvalue weighted by atomic mass is 9.93. The molecule has 0 atom stereocenters. The van der Waals surface area contributed by atoms with Crippen LogP contribution in [0.4, 0.5) is 13.2 Å². The highest BCUT2D eigenvalue weighted by Crippen LogP contribution is 2.34. The van der Waals surface area contributed by atoms with E-state index in [0.29, 0.717) is 12.3 Å². The summed E-state index contributed by atoms with van der Waals surface area (Å²) in [6.07, 6.45) is -1.26. The minimum atomic E-state index is -4.48. The predicted octanol–water partition coefficient (Wildman–Crippen LogP) is 3.11. The molecule has 1 aliphatic heterocycles. The number of ether oxygens (including phenoxy) is 1. The molecule has 0 bridgehead atoms. The van der Waals surface area contributed by atoms with Gasteiger partial charge in [0, 0.05) is 13.0 Å². The summed E-state index contributed by atoms with van der Waals surface area (Å²) in [4.78, 5) is 11.9. The Morgan fingerprint density at radius 3 is 2.67 bits per heavy atom. The molecule has 1 fully saturated rings. The summed E-state index contributed by atoms with van der Waals surface area (Å²) in [5.41, 5.74) is -0.737. The van der Waals surface area contributed by atoms with Gasteiger partial charge in [-0.3, -0.25) is 4.79 Å². The van der Waals surface area contributed by atoms with Crippen LogP contribution in [0.2, 0.25) is 0 Å². The van der Waals surface area contributed by atoms with Gasteiger partial charge in [0.25, 0.3) is 0 Å². The van der Waals surface area contributed by atoms with Crippen molar-refractivity contribution in [2.24, 2.45) is 5.92 Å². The van der Waals surface area contributed by atoms with Crippen molar-refractivity contribution in [1.82, 2.24) is 10.6 Å². The number of rotatable bonds is 6. The van der Waals surface area contributed by atoms with Crippen molar-refractivity contribution in [3.63, 3.8) is 0 Å². The molecule has 0 radical (unpaired) electrons. The Balaban J connectivity index is 1.89. The zero-order valence-corrected chi connectivity index (χ0v) is 13.7. The van der Waals surface area contributed by atoms with E-state index in [2.05, 4.69) is 10.6 Å². The second-order valence-electron chi connectivity index (χ2n) is 6.03. The molecule has 2 N–H and O–H groups in total. The molecule has 1 saturated heterocycles. The van der Waals surface area contributed by atoms with Crippen LogP contribution in [-0.2, 0) is 17.5 Å². The van der Waals surface area contributed by atoms with Crippen LogP contribution in [0, 0.1) is 5.92 Å². The second kappa shape index (κ2) is 8.37. The molecule has 0 aromatic heterocycles. The zero-order valence-electron chi connectivity index (χ0n) is 13.7. The zero-order chi connectivity index (χ0) is 17.6. The summed E-state index contributed by atoms with van der Waals surface area (Å²) in [5, 5.41) is 5.85. The van der Waals surface area contributed by atoms with Crippen molar-refractivity contribution in [1.29, 1.82) is 0 Å². The molecule has 0 saturated carbocycles. The molecule has 4 nitrogen and oxygen atoms in total. The molecular weight excluding hydrogens is 321 g/mol. The summed E-state index contributed by atoms with van der Waals surface area (Å²) >= 11 is 0. The van der Waals surface area contributed by atoms with Crippen LogP contribution < -0.4 is 15.4 Å². The van der Waals surface area contributed by atoms with Gasteiger partial charge in [-0.15, -0.1) is 0 Å². The summed E-state index contributed by atoms with van der Waals surface area (Å²) in [6, 6.07) is 3.76.